The molecule has 0 spiro atoms. The summed E-state index contributed by atoms with van der Waals surface area (Å²) in [6.07, 6.45) is 12.0. The SMILES string of the molecule is C1=C2NC3CCCCC3=C2CCC1. The standard InChI is InChI=1S/C12H17N/c1-3-7-11-9(5-1)10-6-2-4-8-12(10)13-11/h7,12-13H,1-6,8H2. The first-order valence-corrected chi connectivity index (χ1v) is 5.64. The summed E-state index contributed by atoms with van der Waals surface area (Å²) in [6.45, 7) is 0. The van der Waals surface area contributed by atoms with E-state index in [2.05, 4.69) is 11.4 Å². The lowest BCUT2D eigenvalue weighted by Gasteiger charge is -2.21. The van der Waals surface area contributed by atoms with E-state index in [0.717, 1.165) is 6.04 Å². The first kappa shape index (κ1) is 7.66. The molecule has 1 nitrogen and oxygen atoms in total. The zero-order valence-corrected chi connectivity index (χ0v) is 8.10. The van der Waals surface area contributed by atoms with Gasteiger partial charge in [0.2, 0.25) is 0 Å². The third kappa shape index (κ3) is 1.13. The van der Waals surface area contributed by atoms with Crippen molar-refractivity contribution in [3.05, 3.63) is 22.9 Å². The molecule has 0 bridgehead atoms. The normalized spacial score (nSPS) is 32.0. The van der Waals surface area contributed by atoms with Gasteiger partial charge in [-0.25, -0.2) is 0 Å². The number of rotatable bonds is 0. The van der Waals surface area contributed by atoms with Crippen LogP contribution in [0.5, 0.6) is 0 Å². The fourth-order valence-electron chi connectivity index (χ4n) is 2.98. The summed E-state index contributed by atoms with van der Waals surface area (Å²) < 4.78 is 0. The molecule has 3 rings (SSSR count). The summed E-state index contributed by atoms with van der Waals surface area (Å²) in [6, 6.07) is 0.730. The average molecular weight is 175 g/mol. The van der Waals surface area contributed by atoms with Crippen molar-refractivity contribution in [3.63, 3.8) is 0 Å². The van der Waals surface area contributed by atoms with Crippen LogP contribution in [0.15, 0.2) is 22.9 Å². The van der Waals surface area contributed by atoms with Crippen molar-refractivity contribution in [2.24, 2.45) is 0 Å². The third-order valence-corrected chi connectivity index (χ3v) is 3.63. The van der Waals surface area contributed by atoms with Crippen molar-refractivity contribution < 1.29 is 0 Å². The van der Waals surface area contributed by atoms with E-state index < -0.39 is 0 Å². The summed E-state index contributed by atoms with van der Waals surface area (Å²) in [7, 11) is 0. The van der Waals surface area contributed by atoms with Gasteiger partial charge in [-0.3, -0.25) is 0 Å². The molecule has 13 heavy (non-hydrogen) atoms. The van der Waals surface area contributed by atoms with Crippen LogP contribution in [-0.4, -0.2) is 6.04 Å². The maximum absolute atomic E-state index is 3.68. The van der Waals surface area contributed by atoms with Crippen molar-refractivity contribution in [2.45, 2.75) is 51.0 Å². The summed E-state index contributed by atoms with van der Waals surface area (Å²) in [5, 5.41) is 3.68. The highest BCUT2D eigenvalue weighted by Crippen LogP contribution is 2.38. The maximum Gasteiger partial charge on any atom is 0.0480 e. The van der Waals surface area contributed by atoms with Gasteiger partial charge in [0.15, 0.2) is 0 Å². The highest BCUT2D eigenvalue weighted by Gasteiger charge is 2.30. The number of hydrogen-bond acceptors (Lipinski definition) is 1. The van der Waals surface area contributed by atoms with Crippen LogP contribution in [0.25, 0.3) is 0 Å². The molecule has 1 N–H and O–H groups in total. The minimum atomic E-state index is 0.730. The first-order valence-electron chi connectivity index (χ1n) is 5.64. The number of fused-ring (bicyclic) bond motifs is 2. The Labute approximate surface area is 79.9 Å². The Morgan fingerprint density at radius 2 is 2.15 bits per heavy atom. The molecular formula is C12H17N. The Morgan fingerprint density at radius 3 is 3.15 bits per heavy atom. The number of hydrogen-bond donors (Lipinski definition) is 1. The van der Waals surface area contributed by atoms with Crippen LogP contribution < -0.4 is 5.32 Å². The summed E-state index contributed by atoms with van der Waals surface area (Å²) in [4.78, 5) is 0. The van der Waals surface area contributed by atoms with Crippen LogP contribution in [0.4, 0.5) is 0 Å². The van der Waals surface area contributed by atoms with Crippen molar-refractivity contribution in [1.82, 2.24) is 5.32 Å². The van der Waals surface area contributed by atoms with E-state index in [0.29, 0.717) is 0 Å². The molecular weight excluding hydrogens is 158 g/mol. The van der Waals surface area contributed by atoms with Crippen LogP contribution in [0.1, 0.15) is 44.9 Å². The molecule has 0 saturated heterocycles. The molecule has 0 amide bonds. The number of nitrogens with one attached hydrogen (secondary N) is 1. The van der Waals surface area contributed by atoms with Gasteiger partial charge in [-0.1, -0.05) is 12.5 Å². The minimum absolute atomic E-state index is 0.730. The quantitative estimate of drug-likeness (QED) is 0.597. The Bertz CT molecular complexity index is 285. The lowest BCUT2D eigenvalue weighted by atomic mass is 9.87. The molecule has 0 aromatic heterocycles. The van der Waals surface area contributed by atoms with Crippen LogP contribution in [0.3, 0.4) is 0 Å². The molecule has 2 aliphatic carbocycles. The molecule has 0 aromatic rings. The van der Waals surface area contributed by atoms with Crippen LogP contribution in [-0.2, 0) is 0 Å². The molecule has 1 saturated carbocycles. The Morgan fingerprint density at radius 1 is 1.15 bits per heavy atom. The Balaban J connectivity index is 1.99. The van der Waals surface area contributed by atoms with Gasteiger partial charge in [-0.15, -0.1) is 0 Å². The van der Waals surface area contributed by atoms with E-state index in [4.69, 9.17) is 0 Å². The topological polar surface area (TPSA) is 12.0 Å². The smallest absolute Gasteiger partial charge is 0.0480 e. The van der Waals surface area contributed by atoms with Crippen molar-refractivity contribution in [1.29, 1.82) is 0 Å². The largest absolute Gasteiger partial charge is 0.379 e. The second-order valence-corrected chi connectivity index (χ2v) is 4.46. The Kier molecular flexibility index (Phi) is 1.71. The van der Waals surface area contributed by atoms with E-state index in [9.17, 15) is 0 Å². The average Bonchev–Trinajstić information content (AvgIpc) is 2.56. The number of allylic oxidation sites excluding steroid dienone is 2. The zero-order chi connectivity index (χ0) is 8.67. The zero-order valence-electron chi connectivity index (χ0n) is 8.10. The van der Waals surface area contributed by atoms with Gasteiger partial charge in [-0.2, -0.15) is 0 Å². The van der Waals surface area contributed by atoms with Gasteiger partial charge >= 0.3 is 0 Å². The van der Waals surface area contributed by atoms with Gasteiger partial charge in [-0.05, 0) is 49.7 Å². The molecule has 1 aliphatic heterocycles. The molecule has 1 heteroatoms. The van der Waals surface area contributed by atoms with Crippen molar-refractivity contribution in [3.8, 4) is 0 Å². The second kappa shape index (κ2) is 2.90. The van der Waals surface area contributed by atoms with Crippen molar-refractivity contribution >= 4 is 0 Å². The molecule has 3 aliphatic rings. The minimum Gasteiger partial charge on any atom is -0.379 e. The van der Waals surface area contributed by atoms with Gasteiger partial charge in [0, 0.05) is 11.7 Å². The third-order valence-electron chi connectivity index (χ3n) is 3.63. The van der Waals surface area contributed by atoms with Crippen LogP contribution in [0.2, 0.25) is 0 Å². The predicted molar refractivity (Wildman–Crippen MR) is 54.4 cm³/mol. The lowest BCUT2D eigenvalue weighted by Crippen LogP contribution is -2.26. The monoisotopic (exact) mass is 175 g/mol. The van der Waals surface area contributed by atoms with Gasteiger partial charge in [0.05, 0.1) is 0 Å². The fourth-order valence-corrected chi connectivity index (χ4v) is 2.98. The molecule has 1 heterocycles. The van der Waals surface area contributed by atoms with E-state index >= 15 is 0 Å². The van der Waals surface area contributed by atoms with E-state index in [1.54, 1.807) is 11.1 Å². The van der Waals surface area contributed by atoms with Crippen LogP contribution in [0, 0.1) is 0 Å². The summed E-state index contributed by atoms with van der Waals surface area (Å²) in [5.41, 5.74) is 4.95. The molecule has 0 aromatic carbocycles. The summed E-state index contributed by atoms with van der Waals surface area (Å²) in [5.74, 6) is 0. The highest BCUT2D eigenvalue weighted by atomic mass is 15.0. The molecule has 1 unspecified atom stereocenters. The van der Waals surface area contributed by atoms with E-state index in [-0.39, 0.29) is 0 Å². The van der Waals surface area contributed by atoms with Gasteiger partial charge in [0.25, 0.3) is 0 Å². The first-order chi connectivity index (χ1) is 6.45. The molecule has 0 radical (unpaired) electrons. The Hall–Kier alpha value is -0.720. The molecule has 1 fully saturated rings. The van der Waals surface area contributed by atoms with Gasteiger partial charge in [0.1, 0.15) is 0 Å². The van der Waals surface area contributed by atoms with Crippen molar-refractivity contribution in [2.75, 3.05) is 0 Å². The van der Waals surface area contributed by atoms with Gasteiger partial charge < -0.3 is 5.32 Å². The molecule has 70 valence electrons. The van der Waals surface area contributed by atoms with Crippen LogP contribution >= 0.6 is 0 Å². The highest BCUT2D eigenvalue weighted by molar-refractivity contribution is 5.45. The molecule has 1 atom stereocenters. The predicted octanol–water partition coefficient (Wildman–Crippen LogP) is 2.90. The second-order valence-electron chi connectivity index (χ2n) is 4.46. The maximum atomic E-state index is 3.68. The fraction of sp³-hybridized carbons (Fsp3) is 0.667. The summed E-state index contributed by atoms with van der Waals surface area (Å²) >= 11 is 0. The van der Waals surface area contributed by atoms with E-state index in [1.165, 1.54) is 50.6 Å². The van der Waals surface area contributed by atoms with E-state index in [1.807, 2.05) is 0 Å². The lowest BCUT2D eigenvalue weighted by molar-refractivity contribution is 0.506.